The summed E-state index contributed by atoms with van der Waals surface area (Å²) in [6.07, 6.45) is 6.62. The number of rotatable bonds is 1. The first kappa shape index (κ1) is 12.3. The zero-order valence-electron chi connectivity index (χ0n) is 10.2. The van der Waals surface area contributed by atoms with E-state index in [9.17, 15) is 4.79 Å². The zero-order chi connectivity index (χ0) is 11.5. The summed E-state index contributed by atoms with van der Waals surface area (Å²) in [6, 6.07) is 0.258. The quantitative estimate of drug-likeness (QED) is 0.668. The monoisotopic (exact) mass is 212 g/mol. The standard InChI is InChI=1S/C12H22NO2/c1-12(2,3)15-11(14)13(4)10-8-6-5-7-9-10/h8,10H,5-7,9H2,1-4H3. The van der Waals surface area contributed by atoms with Gasteiger partial charge in [0.25, 0.3) is 0 Å². The molecule has 1 saturated carbocycles. The lowest BCUT2D eigenvalue weighted by Gasteiger charge is -2.32. The van der Waals surface area contributed by atoms with Crippen molar-refractivity contribution in [3.05, 3.63) is 6.42 Å². The molecule has 0 aromatic heterocycles. The van der Waals surface area contributed by atoms with E-state index in [1.54, 1.807) is 4.90 Å². The third-order valence-electron chi connectivity index (χ3n) is 2.57. The second kappa shape index (κ2) is 4.86. The summed E-state index contributed by atoms with van der Waals surface area (Å²) >= 11 is 0. The van der Waals surface area contributed by atoms with Crippen molar-refractivity contribution in [3.63, 3.8) is 0 Å². The molecule has 0 aliphatic heterocycles. The van der Waals surface area contributed by atoms with Crippen LogP contribution in [0.15, 0.2) is 0 Å². The van der Waals surface area contributed by atoms with Gasteiger partial charge in [-0.3, -0.25) is 0 Å². The molecule has 0 heterocycles. The number of nitrogens with zero attached hydrogens (tertiary/aromatic N) is 1. The number of hydrogen-bond acceptors (Lipinski definition) is 2. The highest BCUT2D eigenvalue weighted by atomic mass is 16.6. The van der Waals surface area contributed by atoms with Crippen LogP contribution in [0.3, 0.4) is 0 Å². The Morgan fingerprint density at radius 3 is 2.53 bits per heavy atom. The summed E-state index contributed by atoms with van der Waals surface area (Å²) in [5.41, 5.74) is -0.403. The van der Waals surface area contributed by atoms with E-state index in [1.165, 1.54) is 12.8 Å². The van der Waals surface area contributed by atoms with Gasteiger partial charge in [-0.1, -0.05) is 12.8 Å². The van der Waals surface area contributed by atoms with Gasteiger partial charge in [0.1, 0.15) is 5.60 Å². The Morgan fingerprint density at radius 2 is 2.07 bits per heavy atom. The van der Waals surface area contributed by atoms with Gasteiger partial charge in [0.2, 0.25) is 0 Å². The molecule has 3 heteroatoms. The van der Waals surface area contributed by atoms with Crippen LogP contribution in [0.25, 0.3) is 0 Å². The normalized spacial score (nSPS) is 18.7. The first-order chi connectivity index (χ1) is 6.90. The van der Waals surface area contributed by atoms with Crippen molar-refractivity contribution in [2.75, 3.05) is 7.05 Å². The first-order valence-electron chi connectivity index (χ1n) is 5.69. The fourth-order valence-corrected chi connectivity index (χ4v) is 1.75. The van der Waals surface area contributed by atoms with Crippen molar-refractivity contribution >= 4 is 6.09 Å². The van der Waals surface area contributed by atoms with Crippen LogP contribution in [0.1, 0.15) is 46.5 Å². The van der Waals surface area contributed by atoms with Crippen molar-refractivity contribution in [3.8, 4) is 0 Å². The van der Waals surface area contributed by atoms with E-state index >= 15 is 0 Å². The second-order valence-electron chi connectivity index (χ2n) is 5.18. The number of carbonyl (C=O) groups is 1. The second-order valence-corrected chi connectivity index (χ2v) is 5.18. The molecule has 1 radical (unpaired) electrons. The van der Waals surface area contributed by atoms with Gasteiger partial charge in [0, 0.05) is 13.1 Å². The van der Waals surface area contributed by atoms with Crippen LogP contribution in [0, 0.1) is 6.42 Å². The molecule has 3 nitrogen and oxygen atoms in total. The lowest BCUT2D eigenvalue weighted by Crippen LogP contribution is -2.41. The van der Waals surface area contributed by atoms with Crippen molar-refractivity contribution in [2.45, 2.75) is 58.1 Å². The number of amides is 1. The Balaban J connectivity index is 2.44. The predicted molar refractivity (Wildman–Crippen MR) is 60.6 cm³/mol. The summed E-state index contributed by atoms with van der Waals surface area (Å²) < 4.78 is 5.32. The Hall–Kier alpha value is -0.730. The van der Waals surface area contributed by atoms with E-state index in [4.69, 9.17) is 4.74 Å². The summed E-state index contributed by atoms with van der Waals surface area (Å²) in [5, 5.41) is 0. The SMILES string of the molecule is CN(C(=O)OC(C)(C)C)C1[CH]CCCC1. The minimum Gasteiger partial charge on any atom is -0.444 e. The molecule has 87 valence electrons. The van der Waals surface area contributed by atoms with Crippen LogP contribution in [0.5, 0.6) is 0 Å². The highest BCUT2D eigenvalue weighted by Crippen LogP contribution is 2.22. The molecular formula is C12H22NO2. The average molecular weight is 212 g/mol. The Labute approximate surface area is 92.8 Å². The number of carbonyl (C=O) groups excluding carboxylic acids is 1. The molecule has 0 saturated heterocycles. The molecule has 1 fully saturated rings. The minimum absolute atomic E-state index is 0.217. The topological polar surface area (TPSA) is 29.5 Å². The van der Waals surface area contributed by atoms with E-state index < -0.39 is 5.60 Å². The molecule has 0 aromatic carbocycles. The Morgan fingerprint density at radius 1 is 1.40 bits per heavy atom. The molecular weight excluding hydrogens is 190 g/mol. The van der Waals surface area contributed by atoms with Crippen LogP contribution < -0.4 is 0 Å². The highest BCUT2D eigenvalue weighted by molar-refractivity contribution is 5.68. The fourth-order valence-electron chi connectivity index (χ4n) is 1.75. The molecule has 1 aliphatic rings. The van der Waals surface area contributed by atoms with Crippen LogP contribution >= 0.6 is 0 Å². The van der Waals surface area contributed by atoms with Gasteiger partial charge in [0.15, 0.2) is 0 Å². The Kier molecular flexibility index (Phi) is 4.00. The van der Waals surface area contributed by atoms with Gasteiger partial charge in [0.05, 0.1) is 0 Å². The average Bonchev–Trinajstić information content (AvgIpc) is 2.15. The molecule has 1 unspecified atom stereocenters. The van der Waals surface area contributed by atoms with Gasteiger partial charge < -0.3 is 9.64 Å². The predicted octanol–water partition coefficient (Wildman–Crippen LogP) is 3.00. The summed E-state index contributed by atoms with van der Waals surface area (Å²) in [5.74, 6) is 0. The fraction of sp³-hybridized carbons (Fsp3) is 0.833. The van der Waals surface area contributed by atoms with E-state index in [-0.39, 0.29) is 12.1 Å². The smallest absolute Gasteiger partial charge is 0.410 e. The van der Waals surface area contributed by atoms with Gasteiger partial charge >= 0.3 is 6.09 Å². The van der Waals surface area contributed by atoms with E-state index in [0.29, 0.717) is 0 Å². The molecule has 0 N–H and O–H groups in total. The highest BCUT2D eigenvalue weighted by Gasteiger charge is 2.26. The van der Waals surface area contributed by atoms with Gasteiger partial charge in [-0.25, -0.2) is 4.79 Å². The van der Waals surface area contributed by atoms with Gasteiger partial charge in [-0.2, -0.15) is 0 Å². The molecule has 1 amide bonds. The maximum Gasteiger partial charge on any atom is 0.410 e. The summed E-state index contributed by atoms with van der Waals surface area (Å²) in [4.78, 5) is 13.5. The molecule has 0 aromatic rings. The van der Waals surface area contributed by atoms with Crippen LogP contribution in [-0.2, 0) is 4.74 Å². The third kappa shape index (κ3) is 4.10. The molecule has 1 aliphatic carbocycles. The summed E-state index contributed by atoms with van der Waals surface area (Å²) in [7, 11) is 1.82. The maximum absolute atomic E-state index is 11.7. The van der Waals surface area contributed by atoms with Crippen LogP contribution in [-0.4, -0.2) is 29.7 Å². The Bertz CT molecular complexity index is 214. The van der Waals surface area contributed by atoms with Crippen molar-refractivity contribution < 1.29 is 9.53 Å². The number of hydrogen-bond donors (Lipinski definition) is 0. The lowest BCUT2D eigenvalue weighted by molar-refractivity contribution is 0.0227. The third-order valence-corrected chi connectivity index (χ3v) is 2.57. The van der Waals surface area contributed by atoms with Crippen molar-refractivity contribution in [2.24, 2.45) is 0 Å². The van der Waals surface area contributed by atoms with Gasteiger partial charge in [-0.15, -0.1) is 0 Å². The minimum atomic E-state index is -0.403. The van der Waals surface area contributed by atoms with Gasteiger partial charge in [-0.05, 0) is 40.0 Å². The number of ether oxygens (including phenoxy) is 1. The molecule has 15 heavy (non-hydrogen) atoms. The zero-order valence-corrected chi connectivity index (χ0v) is 10.2. The maximum atomic E-state index is 11.7. The van der Waals surface area contributed by atoms with Crippen LogP contribution in [0.2, 0.25) is 0 Å². The van der Waals surface area contributed by atoms with Crippen LogP contribution in [0.4, 0.5) is 4.79 Å². The largest absolute Gasteiger partial charge is 0.444 e. The molecule has 1 rings (SSSR count). The van der Waals surface area contributed by atoms with E-state index in [0.717, 1.165) is 12.8 Å². The first-order valence-corrected chi connectivity index (χ1v) is 5.69. The van der Waals surface area contributed by atoms with E-state index in [1.807, 2.05) is 27.8 Å². The molecule has 0 bridgehead atoms. The molecule has 0 spiro atoms. The lowest BCUT2D eigenvalue weighted by atomic mass is 9.95. The summed E-state index contributed by atoms with van der Waals surface area (Å²) in [6.45, 7) is 5.68. The molecule has 1 atom stereocenters. The van der Waals surface area contributed by atoms with E-state index in [2.05, 4.69) is 6.42 Å². The van der Waals surface area contributed by atoms with Crippen molar-refractivity contribution in [1.29, 1.82) is 0 Å². The van der Waals surface area contributed by atoms with Crippen molar-refractivity contribution in [1.82, 2.24) is 4.90 Å².